The summed E-state index contributed by atoms with van der Waals surface area (Å²) in [5.74, 6) is 1.49. The Morgan fingerprint density at radius 1 is 1.04 bits per heavy atom. The van der Waals surface area contributed by atoms with Crippen LogP contribution in [-0.2, 0) is 6.42 Å². The number of fused-ring (bicyclic) bond motifs is 1. The van der Waals surface area contributed by atoms with Gasteiger partial charge in [0.1, 0.15) is 0 Å². The normalized spacial score (nSPS) is 11.2. The Kier molecular flexibility index (Phi) is 3.40. The summed E-state index contributed by atoms with van der Waals surface area (Å²) < 4.78 is 2.00. The summed E-state index contributed by atoms with van der Waals surface area (Å²) in [5.41, 5.74) is 3.99. The number of nitrogens with zero attached hydrogens (tertiary/aromatic N) is 3. The fourth-order valence-electron chi connectivity index (χ4n) is 2.81. The van der Waals surface area contributed by atoms with Gasteiger partial charge in [-0.15, -0.1) is 0 Å². The molecule has 2 heterocycles. The summed E-state index contributed by atoms with van der Waals surface area (Å²) in [6, 6.07) is 15.9. The van der Waals surface area contributed by atoms with Crippen LogP contribution < -0.4 is 0 Å². The molecule has 0 aliphatic rings. The van der Waals surface area contributed by atoms with Gasteiger partial charge in [-0.25, -0.2) is 9.97 Å². The third kappa shape index (κ3) is 2.41. The van der Waals surface area contributed by atoms with E-state index in [9.17, 15) is 5.11 Å². The van der Waals surface area contributed by atoms with Gasteiger partial charge in [-0.2, -0.15) is 0 Å². The molecule has 0 amide bonds. The van der Waals surface area contributed by atoms with E-state index >= 15 is 0 Å². The van der Waals surface area contributed by atoms with E-state index in [1.165, 1.54) is 0 Å². The van der Waals surface area contributed by atoms with Crippen LogP contribution in [0.4, 0.5) is 0 Å². The maximum atomic E-state index is 9.28. The lowest BCUT2D eigenvalue weighted by Gasteiger charge is -2.11. The number of hydrogen-bond acceptors (Lipinski definition) is 3. The van der Waals surface area contributed by atoms with E-state index in [1.54, 1.807) is 6.20 Å². The van der Waals surface area contributed by atoms with Gasteiger partial charge in [-0.05, 0) is 30.2 Å². The Bertz CT molecular complexity index is 921. The van der Waals surface area contributed by atoms with Gasteiger partial charge in [-0.3, -0.25) is 4.57 Å². The van der Waals surface area contributed by atoms with Gasteiger partial charge in [0.2, 0.25) is 0 Å². The first-order chi connectivity index (χ1) is 11.4. The van der Waals surface area contributed by atoms with Crippen LogP contribution >= 0.6 is 0 Å². The SMILES string of the molecule is OCCc1ccccc1-n1ccnc1-c1nc2ccccc2[nH]1. The third-order valence-electron chi connectivity index (χ3n) is 3.87. The molecule has 2 aromatic carbocycles. The molecule has 5 nitrogen and oxygen atoms in total. The Morgan fingerprint density at radius 3 is 2.74 bits per heavy atom. The molecule has 0 saturated carbocycles. The highest BCUT2D eigenvalue weighted by atomic mass is 16.2. The first-order valence-corrected chi connectivity index (χ1v) is 7.54. The molecule has 5 heteroatoms. The number of hydrogen-bond donors (Lipinski definition) is 2. The van der Waals surface area contributed by atoms with Gasteiger partial charge in [0, 0.05) is 19.0 Å². The molecule has 4 rings (SSSR count). The second-order valence-electron chi connectivity index (χ2n) is 5.33. The minimum Gasteiger partial charge on any atom is -0.396 e. The van der Waals surface area contributed by atoms with Gasteiger partial charge in [0.05, 0.1) is 16.7 Å². The highest BCUT2D eigenvalue weighted by Crippen LogP contribution is 2.24. The molecule has 0 fully saturated rings. The summed E-state index contributed by atoms with van der Waals surface area (Å²) in [6.07, 6.45) is 4.28. The number of aromatic amines is 1. The van der Waals surface area contributed by atoms with Crippen LogP contribution in [0.15, 0.2) is 60.9 Å². The lowest BCUT2D eigenvalue weighted by molar-refractivity contribution is 0.299. The summed E-state index contributed by atoms with van der Waals surface area (Å²) in [6.45, 7) is 0.117. The van der Waals surface area contributed by atoms with E-state index in [1.807, 2.05) is 59.3 Å². The number of benzene rings is 2. The molecule has 0 aliphatic carbocycles. The number of rotatable bonds is 4. The fourth-order valence-corrected chi connectivity index (χ4v) is 2.81. The number of aliphatic hydroxyl groups excluding tert-OH is 1. The summed E-state index contributed by atoms with van der Waals surface area (Å²) >= 11 is 0. The molecule has 2 aromatic heterocycles. The monoisotopic (exact) mass is 304 g/mol. The topological polar surface area (TPSA) is 66.7 Å². The predicted octanol–water partition coefficient (Wildman–Crippen LogP) is 2.95. The van der Waals surface area contributed by atoms with E-state index < -0.39 is 0 Å². The van der Waals surface area contributed by atoms with Crippen LogP contribution in [0.25, 0.3) is 28.4 Å². The van der Waals surface area contributed by atoms with Crippen molar-refractivity contribution in [1.82, 2.24) is 19.5 Å². The van der Waals surface area contributed by atoms with Crippen LogP contribution in [-0.4, -0.2) is 31.2 Å². The maximum Gasteiger partial charge on any atom is 0.180 e. The van der Waals surface area contributed by atoms with Crippen molar-refractivity contribution in [3.8, 4) is 17.3 Å². The molecule has 0 unspecified atom stereocenters. The average Bonchev–Trinajstić information content (AvgIpc) is 3.22. The first kappa shape index (κ1) is 13.7. The molecule has 0 spiro atoms. The number of nitrogens with one attached hydrogen (secondary N) is 1. The number of H-pyrrole nitrogens is 1. The Labute approximate surface area is 133 Å². The molecule has 0 bridgehead atoms. The van der Waals surface area contributed by atoms with E-state index in [4.69, 9.17) is 0 Å². The van der Waals surface area contributed by atoms with E-state index in [-0.39, 0.29) is 6.61 Å². The number of aliphatic hydroxyl groups is 1. The van der Waals surface area contributed by atoms with Crippen molar-refractivity contribution in [3.63, 3.8) is 0 Å². The lowest BCUT2D eigenvalue weighted by Crippen LogP contribution is -2.03. The summed E-state index contributed by atoms with van der Waals surface area (Å²) in [4.78, 5) is 12.4. The molecule has 0 atom stereocenters. The van der Waals surface area contributed by atoms with Crippen LogP contribution in [0, 0.1) is 0 Å². The van der Waals surface area contributed by atoms with Crippen molar-refractivity contribution in [2.75, 3.05) is 6.61 Å². The minimum atomic E-state index is 0.117. The summed E-state index contributed by atoms with van der Waals surface area (Å²) in [5, 5.41) is 9.28. The van der Waals surface area contributed by atoms with Crippen LogP contribution in [0.3, 0.4) is 0 Å². The fraction of sp³-hybridized carbons (Fsp3) is 0.111. The molecular formula is C18H16N4O. The highest BCUT2D eigenvalue weighted by molar-refractivity contribution is 5.78. The first-order valence-electron chi connectivity index (χ1n) is 7.54. The largest absolute Gasteiger partial charge is 0.396 e. The van der Waals surface area contributed by atoms with Crippen molar-refractivity contribution < 1.29 is 5.11 Å². The maximum absolute atomic E-state index is 9.28. The Balaban J connectivity index is 1.86. The van der Waals surface area contributed by atoms with Gasteiger partial charge >= 0.3 is 0 Å². The molecule has 0 radical (unpaired) electrons. The lowest BCUT2D eigenvalue weighted by atomic mass is 10.1. The smallest absolute Gasteiger partial charge is 0.180 e. The van der Waals surface area contributed by atoms with Gasteiger partial charge in [-0.1, -0.05) is 30.3 Å². The molecule has 114 valence electrons. The van der Waals surface area contributed by atoms with Crippen LogP contribution in [0.2, 0.25) is 0 Å². The Hall–Kier alpha value is -2.92. The van der Waals surface area contributed by atoms with Crippen LogP contribution in [0.1, 0.15) is 5.56 Å². The highest BCUT2D eigenvalue weighted by Gasteiger charge is 2.14. The van der Waals surface area contributed by atoms with Crippen molar-refractivity contribution in [2.24, 2.45) is 0 Å². The van der Waals surface area contributed by atoms with E-state index in [0.717, 1.165) is 33.9 Å². The third-order valence-corrected chi connectivity index (χ3v) is 3.87. The second-order valence-corrected chi connectivity index (χ2v) is 5.33. The molecule has 2 N–H and O–H groups in total. The van der Waals surface area contributed by atoms with Crippen molar-refractivity contribution in [1.29, 1.82) is 0 Å². The van der Waals surface area contributed by atoms with Crippen molar-refractivity contribution >= 4 is 11.0 Å². The van der Waals surface area contributed by atoms with E-state index in [2.05, 4.69) is 15.0 Å². The van der Waals surface area contributed by atoms with Crippen molar-refractivity contribution in [3.05, 3.63) is 66.5 Å². The van der Waals surface area contributed by atoms with Gasteiger partial charge in [0.25, 0.3) is 0 Å². The molecule has 0 aliphatic heterocycles. The van der Waals surface area contributed by atoms with Gasteiger partial charge in [0.15, 0.2) is 11.6 Å². The van der Waals surface area contributed by atoms with Crippen LogP contribution in [0.5, 0.6) is 0 Å². The predicted molar refractivity (Wildman–Crippen MR) is 89.4 cm³/mol. The van der Waals surface area contributed by atoms with E-state index in [0.29, 0.717) is 6.42 Å². The van der Waals surface area contributed by atoms with Gasteiger partial charge < -0.3 is 10.1 Å². The second kappa shape index (κ2) is 5.70. The zero-order chi connectivity index (χ0) is 15.6. The summed E-state index contributed by atoms with van der Waals surface area (Å²) in [7, 11) is 0. The zero-order valence-electron chi connectivity index (χ0n) is 12.5. The standard InChI is InChI=1S/C18H16N4O/c23-12-9-13-5-1-4-8-16(13)22-11-10-19-18(22)17-20-14-6-2-3-7-15(14)21-17/h1-8,10-11,23H,9,12H2,(H,20,21). The number of imidazole rings is 2. The zero-order valence-corrected chi connectivity index (χ0v) is 12.5. The molecule has 0 saturated heterocycles. The quantitative estimate of drug-likeness (QED) is 0.609. The average molecular weight is 304 g/mol. The minimum absolute atomic E-state index is 0.117. The molecule has 23 heavy (non-hydrogen) atoms. The number of para-hydroxylation sites is 3. The van der Waals surface area contributed by atoms with Crippen molar-refractivity contribution in [2.45, 2.75) is 6.42 Å². The molecule has 4 aromatic rings. The Morgan fingerprint density at radius 2 is 1.87 bits per heavy atom. The number of aromatic nitrogens is 4. The molecular weight excluding hydrogens is 288 g/mol.